The Hall–Kier alpha value is -2.66. The number of benzene rings is 2. The number of primary amides is 1. The van der Waals surface area contributed by atoms with E-state index >= 15 is 0 Å². The molecular formula is C23H29N3O2. The SMILES string of the molecule is NC(=O)c1cccc(-c2ccc(NC(=O)CCCCN3CCCCC3)cc2)c1. The third kappa shape index (κ3) is 5.92. The molecule has 5 heteroatoms. The molecule has 2 aromatic rings. The Morgan fingerprint density at radius 2 is 1.68 bits per heavy atom. The fraction of sp³-hybridized carbons (Fsp3) is 0.391. The lowest BCUT2D eigenvalue weighted by Crippen LogP contribution is -2.30. The van der Waals surface area contributed by atoms with Gasteiger partial charge in [0.25, 0.3) is 0 Å². The Bertz CT molecular complexity index is 796. The summed E-state index contributed by atoms with van der Waals surface area (Å²) in [5, 5.41) is 2.96. The lowest BCUT2D eigenvalue weighted by molar-refractivity contribution is -0.116. The largest absolute Gasteiger partial charge is 0.366 e. The van der Waals surface area contributed by atoms with Crippen molar-refractivity contribution in [3.05, 3.63) is 54.1 Å². The lowest BCUT2D eigenvalue weighted by atomic mass is 10.0. The van der Waals surface area contributed by atoms with Crippen LogP contribution < -0.4 is 11.1 Å². The Kier molecular flexibility index (Phi) is 7.20. The molecule has 0 radical (unpaired) electrons. The monoisotopic (exact) mass is 379 g/mol. The molecule has 1 saturated heterocycles. The van der Waals surface area contributed by atoms with Crippen molar-refractivity contribution < 1.29 is 9.59 Å². The number of rotatable bonds is 8. The quantitative estimate of drug-likeness (QED) is 0.680. The molecule has 148 valence electrons. The maximum Gasteiger partial charge on any atom is 0.248 e. The molecular weight excluding hydrogens is 350 g/mol. The van der Waals surface area contributed by atoms with Gasteiger partial charge in [-0.25, -0.2) is 0 Å². The van der Waals surface area contributed by atoms with Crippen molar-refractivity contribution in [1.29, 1.82) is 0 Å². The standard InChI is InChI=1S/C23H29N3O2/c24-23(28)20-8-6-7-19(17-20)18-10-12-21(13-11-18)25-22(27)9-2-5-16-26-14-3-1-4-15-26/h6-8,10-13,17H,1-5,9,14-16H2,(H2,24,28)(H,25,27). The summed E-state index contributed by atoms with van der Waals surface area (Å²) < 4.78 is 0. The second-order valence-electron chi connectivity index (χ2n) is 7.43. The number of nitrogens with one attached hydrogen (secondary N) is 1. The third-order valence-corrected chi connectivity index (χ3v) is 5.23. The van der Waals surface area contributed by atoms with E-state index in [1.54, 1.807) is 12.1 Å². The summed E-state index contributed by atoms with van der Waals surface area (Å²) in [7, 11) is 0. The van der Waals surface area contributed by atoms with E-state index in [-0.39, 0.29) is 5.91 Å². The van der Waals surface area contributed by atoms with E-state index in [0.717, 1.165) is 36.2 Å². The normalized spacial score (nSPS) is 14.6. The fourth-order valence-corrected chi connectivity index (χ4v) is 3.63. The summed E-state index contributed by atoms with van der Waals surface area (Å²) >= 11 is 0. The van der Waals surface area contributed by atoms with Crippen LogP contribution in [0.1, 0.15) is 48.9 Å². The molecule has 2 aromatic carbocycles. The molecule has 0 aromatic heterocycles. The van der Waals surface area contributed by atoms with Crippen molar-refractivity contribution >= 4 is 17.5 Å². The highest BCUT2D eigenvalue weighted by Crippen LogP contribution is 2.22. The van der Waals surface area contributed by atoms with Crippen LogP contribution in [0, 0.1) is 0 Å². The van der Waals surface area contributed by atoms with Gasteiger partial charge in [0.15, 0.2) is 0 Å². The number of nitrogens with two attached hydrogens (primary N) is 1. The molecule has 1 aliphatic rings. The van der Waals surface area contributed by atoms with E-state index in [1.165, 1.54) is 32.4 Å². The predicted molar refractivity (Wildman–Crippen MR) is 113 cm³/mol. The molecule has 0 saturated carbocycles. The van der Waals surface area contributed by atoms with Crippen LogP contribution in [0.3, 0.4) is 0 Å². The molecule has 2 amide bonds. The number of hydrogen-bond donors (Lipinski definition) is 2. The van der Waals surface area contributed by atoms with Gasteiger partial charge in [-0.1, -0.05) is 30.7 Å². The summed E-state index contributed by atoms with van der Waals surface area (Å²) in [4.78, 5) is 26.0. The fourth-order valence-electron chi connectivity index (χ4n) is 3.63. The van der Waals surface area contributed by atoms with E-state index in [9.17, 15) is 9.59 Å². The first kappa shape index (κ1) is 20.1. The van der Waals surface area contributed by atoms with Gasteiger partial charge < -0.3 is 16.0 Å². The Balaban J connectivity index is 1.45. The number of nitrogens with zero attached hydrogens (tertiary/aromatic N) is 1. The minimum Gasteiger partial charge on any atom is -0.366 e. The first-order valence-corrected chi connectivity index (χ1v) is 10.1. The summed E-state index contributed by atoms with van der Waals surface area (Å²) in [6.07, 6.45) is 6.51. The van der Waals surface area contributed by atoms with Crippen molar-refractivity contribution in [3.63, 3.8) is 0 Å². The summed E-state index contributed by atoms with van der Waals surface area (Å²) in [6, 6.07) is 14.9. The van der Waals surface area contributed by atoms with E-state index in [0.29, 0.717) is 12.0 Å². The van der Waals surface area contributed by atoms with Gasteiger partial charge in [0.1, 0.15) is 0 Å². The van der Waals surface area contributed by atoms with Gasteiger partial charge in [-0.15, -0.1) is 0 Å². The van der Waals surface area contributed by atoms with Gasteiger partial charge in [0.2, 0.25) is 11.8 Å². The van der Waals surface area contributed by atoms with Crippen LogP contribution in [0.2, 0.25) is 0 Å². The van der Waals surface area contributed by atoms with Gasteiger partial charge in [0, 0.05) is 17.7 Å². The Labute approximate surface area is 166 Å². The number of piperidine rings is 1. The molecule has 1 aliphatic heterocycles. The van der Waals surface area contributed by atoms with Gasteiger partial charge in [-0.3, -0.25) is 9.59 Å². The van der Waals surface area contributed by atoms with Gasteiger partial charge in [-0.05, 0) is 80.7 Å². The molecule has 1 fully saturated rings. The van der Waals surface area contributed by atoms with Crippen LogP contribution in [-0.4, -0.2) is 36.3 Å². The van der Waals surface area contributed by atoms with Crippen molar-refractivity contribution in [2.75, 3.05) is 25.0 Å². The zero-order chi connectivity index (χ0) is 19.8. The van der Waals surface area contributed by atoms with Crippen LogP contribution in [0.15, 0.2) is 48.5 Å². The maximum atomic E-state index is 12.2. The minimum atomic E-state index is -0.439. The number of likely N-dealkylation sites (tertiary alicyclic amines) is 1. The zero-order valence-electron chi connectivity index (χ0n) is 16.3. The first-order chi connectivity index (χ1) is 13.6. The van der Waals surface area contributed by atoms with E-state index in [2.05, 4.69) is 10.2 Å². The predicted octanol–water partition coefficient (Wildman–Crippen LogP) is 4.05. The molecule has 0 aliphatic carbocycles. The van der Waals surface area contributed by atoms with Crippen LogP contribution >= 0.6 is 0 Å². The van der Waals surface area contributed by atoms with Gasteiger partial charge >= 0.3 is 0 Å². The van der Waals surface area contributed by atoms with E-state index in [4.69, 9.17) is 5.73 Å². The molecule has 0 spiro atoms. The van der Waals surface area contributed by atoms with Crippen molar-refractivity contribution in [1.82, 2.24) is 4.90 Å². The summed E-state index contributed by atoms with van der Waals surface area (Å²) in [5.41, 5.74) is 8.51. The zero-order valence-corrected chi connectivity index (χ0v) is 16.3. The second-order valence-corrected chi connectivity index (χ2v) is 7.43. The van der Waals surface area contributed by atoms with Crippen LogP contribution in [0.25, 0.3) is 11.1 Å². The number of carbonyl (C=O) groups is 2. The average Bonchev–Trinajstić information content (AvgIpc) is 2.72. The molecule has 28 heavy (non-hydrogen) atoms. The van der Waals surface area contributed by atoms with E-state index < -0.39 is 5.91 Å². The van der Waals surface area contributed by atoms with E-state index in [1.807, 2.05) is 36.4 Å². The highest BCUT2D eigenvalue weighted by atomic mass is 16.1. The molecule has 3 N–H and O–H groups in total. The number of hydrogen-bond acceptors (Lipinski definition) is 3. The average molecular weight is 380 g/mol. The number of carbonyl (C=O) groups excluding carboxylic acids is 2. The smallest absolute Gasteiger partial charge is 0.248 e. The van der Waals surface area contributed by atoms with Gasteiger partial charge in [0.05, 0.1) is 0 Å². The highest BCUT2D eigenvalue weighted by molar-refractivity contribution is 5.94. The molecule has 5 nitrogen and oxygen atoms in total. The highest BCUT2D eigenvalue weighted by Gasteiger charge is 2.10. The minimum absolute atomic E-state index is 0.0575. The molecule has 1 heterocycles. The summed E-state index contributed by atoms with van der Waals surface area (Å²) in [6.45, 7) is 3.52. The number of amides is 2. The topological polar surface area (TPSA) is 75.4 Å². The Morgan fingerprint density at radius 1 is 0.929 bits per heavy atom. The second kappa shape index (κ2) is 10.0. The van der Waals surface area contributed by atoms with Gasteiger partial charge in [-0.2, -0.15) is 0 Å². The molecule has 0 atom stereocenters. The summed E-state index contributed by atoms with van der Waals surface area (Å²) in [5.74, 6) is -0.381. The third-order valence-electron chi connectivity index (χ3n) is 5.23. The number of anilines is 1. The maximum absolute atomic E-state index is 12.2. The molecule has 0 unspecified atom stereocenters. The Morgan fingerprint density at radius 3 is 2.39 bits per heavy atom. The molecule has 0 bridgehead atoms. The van der Waals surface area contributed by atoms with Crippen LogP contribution in [0.4, 0.5) is 5.69 Å². The number of unbranched alkanes of at least 4 members (excludes halogenated alkanes) is 1. The van der Waals surface area contributed by atoms with Crippen LogP contribution in [0.5, 0.6) is 0 Å². The van der Waals surface area contributed by atoms with Crippen molar-refractivity contribution in [2.24, 2.45) is 5.73 Å². The van der Waals surface area contributed by atoms with Crippen molar-refractivity contribution in [3.8, 4) is 11.1 Å². The first-order valence-electron chi connectivity index (χ1n) is 10.1. The molecule has 3 rings (SSSR count). The van der Waals surface area contributed by atoms with Crippen LogP contribution in [-0.2, 0) is 4.79 Å². The lowest BCUT2D eigenvalue weighted by Gasteiger charge is -2.26. The van der Waals surface area contributed by atoms with Crippen molar-refractivity contribution in [2.45, 2.75) is 38.5 Å².